The minimum atomic E-state index is -0.155. The Bertz CT molecular complexity index is 1530. The fourth-order valence-corrected chi connectivity index (χ4v) is 6.66. The van der Waals surface area contributed by atoms with Crippen LogP contribution in [0.25, 0.3) is 32.5 Å². The second kappa shape index (κ2) is 8.66. The molecule has 3 atom stereocenters. The predicted octanol–water partition coefficient (Wildman–Crippen LogP) is 3.63. The summed E-state index contributed by atoms with van der Waals surface area (Å²) in [5.74, 6) is 1.21. The van der Waals surface area contributed by atoms with Crippen LogP contribution in [-0.4, -0.2) is 54.5 Å². The number of amides is 2. The average Bonchev–Trinajstić information content (AvgIpc) is 3.56. The zero-order valence-electron chi connectivity index (χ0n) is 19.8. The molecule has 0 radical (unpaired) electrons. The highest BCUT2D eigenvalue weighted by atomic mass is 32.1. The van der Waals surface area contributed by atoms with Crippen molar-refractivity contribution in [1.29, 1.82) is 0 Å². The van der Waals surface area contributed by atoms with Crippen LogP contribution in [-0.2, 0) is 9.59 Å². The lowest BCUT2D eigenvalue weighted by molar-refractivity contribution is -0.128. The van der Waals surface area contributed by atoms with Crippen molar-refractivity contribution in [3.05, 3.63) is 37.2 Å². The number of nitrogens with zero attached hydrogens (tertiary/aromatic N) is 6. The van der Waals surface area contributed by atoms with Gasteiger partial charge in [0.25, 0.3) is 0 Å². The Morgan fingerprint density at radius 2 is 2.08 bits per heavy atom. The first-order valence-corrected chi connectivity index (χ1v) is 12.8. The fraction of sp³-hybridized carbons (Fsp3) is 0.360. The third-order valence-electron chi connectivity index (χ3n) is 7.34. The molecule has 184 valence electrons. The quantitative estimate of drug-likeness (QED) is 0.407. The summed E-state index contributed by atoms with van der Waals surface area (Å²) in [5, 5.41) is 9.09. The van der Waals surface area contributed by atoms with Crippen molar-refractivity contribution in [1.82, 2.24) is 29.6 Å². The Labute approximate surface area is 211 Å². The van der Waals surface area contributed by atoms with E-state index >= 15 is 0 Å². The van der Waals surface area contributed by atoms with Crippen LogP contribution in [0.3, 0.4) is 0 Å². The van der Waals surface area contributed by atoms with Gasteiger partial charge in [0.05, 0.1) is 21.6 Å². The Kier molecular flexibility index (Phi) is 5.44. The lowest BCUT2D eigenvalue weighted by atomic mass is 9.89. The summed E-state index contributed by atoms with van der Waals surface area (Å²) >= 11 is 1.41. The lowest BCUT2D eigenvalue weighted by Crippen LogP contribution is -2.41. The Hall–Kier alpha value is -3.86. The van der Waals surface area contributed by atoms with E-state index in [0.29, 0.717) is 22.8 Å². The molecule has 2 amide bonds. The number of rotatable bonds is 4. The summed E-state index contributed by atoms with van der Waals surface area (Å²) in [6, 6.07) is 6.07. The van der Waals surface area contributed by atoms with E-state index in [4.69, 9.17) is 10.8 Å². The number of piperidine rings is 1. The number of fused-ring (bicyclic) bond motifs is 3. The SMILES string of the molecule is C=CC(=O)N1CCC2CC(n3nc(-c4ccc5nc(NC(C)=O)sc5c4)c4c(N)ncnc43)CC2C1. The lowest BCUT2D eigenvalue weighted by Gasteiger charge is -2.34. The highest BCUT2D eigenvalue weighted by Crippen LogP contribution is 2.45. The van der Waals surface area contributed by atoms with E-state index in [0.717, 1.165) is 64.9 Å². The van der Waals surface area contributed by atoms with Gasteiger partial charge in [-0.2, -0.15) is 5.10 Å². The van der Waals surface area contributed by atoms with Gasteiger partial charge in [-0.25, -0.2) is 19.6 Å². The van der Waals surface area contributed by atoms with E-state index < -0.39 is 0 Å². The van der Waals surface area contributed by atoms with Crippen molar-refractivity contribution < 1.29 is 9.59 Å². The molecule has 3 unspecified atom stereocenters. The minimum Gasteiger partial charge on any atom is -0.383 e. The van der Waals surface area contributed by atoms with Crippen molar-refractivity contribution in [3.63, 3.8) is 0 Å². The van der Waals surface area contributed by atoms with E-state index in [-0.39, 0.29) is 17.9 Å². The van der Waals surface area contributed by atoms with Gasteiger partial charge in [-0.05, 0) is 49.3 Å². The number of carbonyl (C=O) groups is 2. The number of benzene rings is 1. The molecule has 2 fully saturated rings. The molecule has 36 heavy (non-hydrogen) atoms. The highest BCUT2D eigenvalue weighted by molar-refractivity contribution is 7.22. The zero-order chi connectivity index (χ0) is 25.0. The Balaban J connectivity index is 1.37. The summed E-state index contributed by atoms with van der Waals surface area (Å²) in [4.78, 5) is 38.8. The van der Waals surface area contributed by atoms with E-state index in [1.807, 2.05) is 27.8 Å². The number of carbonyl (C=O) groups excluding carboxylic acids is 2. The molecule has 1 saturated heterocycles. The maximum atomic E-state index is 12.2. The van der Waals surface area contributed by atoms with E-state index in [1.54, 1.807) is 0 Å². The Morgan fingerprint density at radius 1 is 1.25 bits per heavy atom. The molecule has 3 aromatic heterocycles. The summed E-state index contributed by atoms with van der Waals surface area (Å²) in [5.41, 5.74) is 9.50. The zero-order valence-corrected chi connectivity index (χ0v) is 20.7. The van der Waals surface area contributed by atoms with Gasteiger partial charge in [0.2, 0.25) is 11.8 Å². The van der Waals surface area contributed by atoms with Gasteiger partial charge in [-0.3, -0.25) is 9.59 Å². The molecule has 4 heterocycles. The number of anilines is 2. The monoisotopic (exact) mass is 502 g/mol. The number of likely N-dealkylation sites (tertiary alicyclic amines) is 1. The number of hydrogen-bond acceptors (Lipinski definition) is 8. The van der Waals surface area contributed by atoms with Crippen LogP contribution in [0.5, 0.6) is 0 Å². The van der Waals surface area contributed by atoms with Crippen LogP contribution in [0.15, 0.2) is 37.2 Å². The fourth-order valence-electron chi connectivity index (χ4n) is 5.71. The smallest absolute Gasteiger partial charge is 0.245 e. The average molecular weight is 503 g/mol. The second-order valence-corrected chi connectivity index (χ2v) is 10.6. The predicted molar refractivity (Wildman–Crippen MR) is 139 cm³/mol. The number of nitrogen functional groups attached to an aromatic ring is 1. The van der Waals surface area contributed by atoms with Crippen molar-refractivity contribution in [3.8, 4) is 11.3 Å². The first-order valence-electron chi connectivity index (χ1n) is 12.0. The first-order chi connectivity index (χ1) is 17.4. The van der Waals surface area contributed by atoms with Gasteiger partial charge in [-0.15, -0.1) is 0 Å². The highest BCUT2D eigenvalue weighted by Gasteiger charge is 2.40. The molecule has 1 saturated carbocycles. The van der Waals surface area contributed by atoms with Crippen LogP contribution in [0.4, 0.5) is 10.9 Å². The molecule has 3 N–H and O–H groups in total. The van der Waals surface area contributed by atoms with Crippen molar-refractivity contribution in [2.24, 2.45) is 11.8 Å². The molecule has 1 aromatic carbocycles. The standard InChI is InChI=1S/C25H26N8O2S/c1-3-20(35)32-7-6-14-8-17(9-16(14)11-32)33-24-21(23(26)27-12-28-24)22(31-33)15-4-5-18-19(10-15)36-25(30-18)29-13(2)34/h3-5,10,12,14,16-17H,1,6-9,11H2,2H3,(H2,26,27,28)(H,29,30,34). The van der Waals surface area contributed by atoms with Gasteiger partial charge in [0.15, 0.2) is 10.8 Å². The van der Waals surface area contributed by atoms with E-state index in [2.05, 4.69) is 26.8 Å². The van der Waals surface area contributed by atoms with E-state index in [9.17, 15) is 9.59 Å². The molecule has 11 heteroatoms. The Morgan fingerprint density at radius 3 is 2.89 bits per heavy atom. The van der Waals surface area contributed by atoms with E-state index in [1.165, 1.54) is 30.7 Å². The first kappa shape index (κ1) is 22.6. The number of hydrogen-bond donors (Lipinski definition) is 2. The van der Waals surface area contributed by atoms with Gasteiger partial charge < -0.3 is 16.0 Å². The van der Waals surface area contributed by atoms with Crippen molar-refractivity contribution in [2.45, 2.75) is 32.2 Å². The molecular formula is C25H26N8O2S. The molecular weight excluding hydrogens is 476 g/mol. The molecule has 10 nitrogen and oxygen atoms in total. The number of aromatic nitrogens is 5. The number of nitrogens with one attached hydrogen (secondary N) is 1. The minimum absolute atomic E-state index is 0.00404. The molecule has 4 aromatic rings. The van der Waals surface area contributed by atoms with Gasteiger partial charge in [0, 0.05) is 25.6 Å². The molecule has 1 aliphatic carbocycles. The third kappa shape index (κ3) is 3.79. The van der Waals surface area contributed by atoms with Gasteiger partial charge in [0.1, 0.15) is 17.8 Å². The molecule has 0 bridgehead atoms. The second-order valence-electron chi connectivity index (χ2n) is 9.56. The maximum absolute atomic E-state index is 12.2. The number of nitrogens with two attached hydrogens (primary N) is 1. The summed E-state index contributed by atoms with van der Waals surface area (Å²) in [6.07, 6.45) is 5.80. The van der Waals surface area contributed by atoms with Crippen LogP contribution in [0, 0.1) is 11.8 Å². The van der Waals surface area contributed by atoms with Gasteiger partial charge >= 0.3 is 0 Å². The summed E-state index contributed by atoms with van der Waals surface area (Å²) in [7, 11) is 0. The number of thiazole rings is 1. The summed E-state index contributed by atoms with van der Waals surface area (Å²) in [6.45, 7) is 6.63. The topological polar surface area (TPSA) is 132 Å². The van der Waals surface area contributed by atoms with Crippen molar-refractivity contribution >= 4 is 55.4 Å². The molecule has 6 rings (SSSR count). The largest absolute Gasteiger partial charge is 0.383 e. The van der Waals surface area contributed by atoms with Crippen LogP contribution in [0.1, 0.15) is 32.2 Å². The van der Waals surface area contributed by atoms with Crippen LogP contribution in [0.2, 0.25) is 0 Å². The van der Waals surface area contributed by atoms with Crippen LogP contribution < -0.4 is 11.1 Å². The molecule has 0 spiro atoms. The maximum Gasteiger partial charge on any atom is 0.245 e. The molecule has 2 aliphatic rings. The molecule has 1 aliphatic heterocycles. The van der Waals surface area contributed by atoms with Gasteiger partial charge in [-0.1, -0.05) is 24.0 Å². The van der Waals surface area contributed by atoms with Crippen molar-refractivity contribution in [2.75, 3.05) is 24.1 Å². The normalized spacial score (nSPS) is 21.6. The summed E-state index contributed by atoms with van der Waals surface area (Å²) < 4.78 is 2.95. The third-order valence-corrected chi connectivity index (χ3v) is 8.27. The van der Waals surface area contributed by atoms with Crippen LogP contribution >= 0.6 is 11.3 Å².